The number of likely N-dealkylation sites (N-methyl/N-ethyl adjacent to an activating group) is 1. The second kappa shape index (κ2) is 50.1. The van der Waals surface area contributed by atoms with Crippen LogP contribution >= 0.6 is 0 Å². The monoisotopic (exact) mass is 1110 g/mol. The predicted octanol–water partition coefficient (Wildman–Crippen LogP) is 3.81. The first-order valence-electron chi connectivity index (χ1n) is 28.6. The lowest BCUT2D eigenvalue weighted by atomic mass is 10.0. The standard InChI is InChI=1S/C55H99N7O16/c1-42(2)21-17-15-13-11-9-7-5-6-8-10-12-14-16-18-23-50(67)60-44(39-63)24-27-48(65)58-31-33-75-35-37-77-40-52(69)59-32-34-76-36-38-78-41-53(70)62-47(55(73)74)26-29-51(68)61-46(54(71)72)25-28-49(66)57-30-20-19-22-45(56-4)43(3)64/h39,42,44-47,56H,5-38,40-41H2,1-4H3,(H,57,66)(H,58,65)(H,59,69)(H,60,67)(H,61,68)(H,62,70)(H,71,72)(H,73,74)/t44-,45-,46-,47-/m0/s1. The molecule has 0 saturated heterocycles. The van der Waals surface area contributed by atoms with E-state index in [1.807, 2.05) is 0 Å². The number of aldehydes is 1. The van der Waals surface area contributed by atoms with E-state index in [0.717, 1.165) is 25.2 Å². The Kier molecular flexibility index (Phi) is 46.9. The highest BCUT2D eigenvalue weighted by atomic mass is 16.5. The first-order valence-corrected chi connectivity index (χ1v) is 28.6. The maximum Gasteiger partial charge on any atom is 0.326 e. The third-order valence-electron chi connectivity index (χ3n) is 12.6. The Morgan fingerprint density at radius 1 is 0.410 bits per heavy atom. The Hall–Kier alpha value is -5.10. The summed E-state index contributed by atoms with van der Waals surface area (Å²) < 4.78 is 21.3. The van der Waals surface area contributed by atoms with Crippen molar-refractivity contribution >= 4 is 59.5 Å². The fourth-order valence-corrected chi connectivity index (χ4v) is 8.04. The molecule has 0 heterocycles. The molecule has 0 saturated carbocycles. The first kappa shape index (κ1) is 72.9. The van der Waals surface area contributed by atoms with Gasteiger partial charge in [-0.15, -0.1) is 0 Å². The zero-order chi connectivity index (χ0) is 58.0. The molecule has 0 aliphatic rings. The summed E-state index contributed by atoms with van der Waals surface area (Å²) in [7, 11) is 1.69. The molecule has 6 amide bonds. The van der Waals surface area contributed by atoms with Crippen LogP contribution in [0.4, 0.5) is 0 Å². The topological polar surface area (TPSA) is 332 Å². The number of ketones is 1. The predicted molar refractivity (Wildman–Crippen MR) is 293 cm³/mol. The Morgan fingerprint density at radius 2 is 0.821 bits per heavy atom. The van der Waals surface area contributed by atoms with E-state index in [1.165, 1.54) is 84.0 Å². The molecule has 23 heteroatoms. The number of carboxylic acid groups (broad SMARTS) is 2. The summed E-state index contributed by atoms with van der Waals surface area (Å²) in [6, 6.07) is -3.84. The van der Waals surface area contributed by atoms with Crippen LogP contribution in [0.25, 0.3) is 0 Å². The lowest BCUT2D eigenvalue weighted by molar-refractivity contribution is -0.144. The minimum Gasteiger partial charge on any atom is -0.480 e. The largest absolute Gasteiger partial charge is 0.480 e. The van der Waals surface area contributed by atoms with E-state index in [0.29, 0.717) is 38.5 Å². The molecule has 0 aliphatic heterocycles. The quantitative estimate of drug-likeness (QED) is 0.0309. The smallest absolute Gasteiger partial charge is 0.326 e. The maximum absolute atomic E-state index is 12.5. The second-order valence-electron chi connectivity index (χ2n) is 20.1. The molecule has 0 spiro atoms. The van der Waals surface area contributed by atoms with Crippen LogP contribution < -0.4 is 37.2 Å². The molecule has 4 atom stereocenters. The van der Waals surface area contributed by atoms with Crippen LogP contribution in [0.5, 0.6) is 0 Å². The molecule has 78 heavy (non-hydrogen) atoms. The highest BCUT2D eigenvalue weighted by molar-refractivity contribution is 5.87. The molecule has 0 aromatic heterocycles. The van der Waals surface area contributed by atoms with Crippen LogP contribution in [-0.2, 0) is 66.9 Å². The minimum atomic E-state index is -1.47. The molecule has 0 radical (unpaired) electrons. The average molecular weight is 1110 g/mol. The van der Waals surface area contributed by atoms with Crippen molar-refractivity contribution in [2.45, 2.75) is 205 Å². The van der Waals surface area contributed by atoms with Crippen LogP contribution in [0.3, 0.4) is 0 Å². The van der Waals surface area contributed by atoms with Crippen molar-refractivity contribution in [3.63, 3.8) is 0 Å². The van der Waals surface area contributed by atoms with Crippen LogP contribution in [0.2, 0.25) is 0 Å². The number of hydrogen-bond donors (Lipinski definition) is 9. The number of nitrogens with one attached hydrogen (secondary N) is 7. The summed E-state index contributed by atoms with van der Waals surface area (Å²) in [6.07, 6.45) is 20.8. The van der Waals surface area contributed by atoms with Gasteiger partial charge < -0.3 is 71.2 Å². The van der Waals surface area contributed by atoms with E-state index in [2.05, 4.69) is 51.1 Å². The van der Waals surface area contributed by atoms with Crippen molar-refractivity contribution in [1.29, 1.82) is 0 Å². The SMILES string of the molecule is CN[C@@H](CCCCNC(=O)CC[C@H](NC(=O)CC[C@H](NC(=O)COCCOCCNC(=O)COCCOCCNC(=O)CC[C@@H](C=O)NC(=O)CCCCCCCCCCCCCCCCC(C)C)C(=O)O)C(=O)O)C(C)=O. The maximum atomic E-state index is 12.5. The van der Waals surface area contributed by atoms with Crippen LogP contribution in [-0.4, -0.2) is 173 Å². The van der Waals surface area contributed by atoms with Gasteiger partial charge in [-0.05, 0) is 64.8 Å². The summed E-state index contributed by atoms with van der Waals surface area (Å²) >= 11 is 0. The van der Waals surface area contributed by atoms with E-state index in [4.69, 9.17) is 18.9 Å². The first-order chi connectivity index (χ1) is 37.5. The lowest BCUT2D eigenvalue weighted by Gasteiger charge is -2.17. The number of unbranched alkanes of at least 4 members (excludes halogenated alkanes) is 14. The average Bonchev–Trinajstić information content (AvgIpc) is 3.39. The number of Topliss-reactive ketones (excluding diaryl/α,β-unsaturated/α-hetero) is 1. The Labute approximate surface area is 463 Å². The third kappa shape index (κ3) is 45.9. The Bertz CT molecular complexity index is 1690. The van der Waals surface area contributed by atoms with E-state index in [1.54, 1.807) is 7.05 Å². The summed E-state index contributed by atoms with van der Waals surface area (Å²) in [5, 5.41) is 37.2. The van der Waals surface area contributed by atoms with Crippen molar-refractivity contribution in [2.75, 3.05) is 79.5 Å². The number of carbonyl (C=O) groups is 10. The lowest BCUT2D eigenvalue weighted by Crippen LogP contribution is -2.45. The van der Waals surface area contributed by atoms with Gasteiger partial charge in [-0.2, -0.15) is 0 Å². The number of carboxylic acids is 2. The summed E-state index contributed by atoms with van der Waals surface area (Å²) in [4.78, 5) is 120. The minimum absolute atomic E-state index is 0.0215. The fourth-order valence-electron chi connectivity index (χ4n) is 8.04. The molecular formula is C55H99N7O16. The number of hydrogen-bond acceptors (Lipinski definition) is 15. The molecule has 450 valence electrons. The van der Waals surface area contributed by atoms with Gasteiger partial charge in [-0.25, -0.2) is 9.59 Å². The summed E-state index contributed by atoms with van der Waals surface area (Å²) in [5.41, 5.74) is 0. The highest BCUT2D eigenvalue weighted by Gasteiger charge is 2.25. The molecule has 23 nitrogen and oxygen atoms in total. The molecule has 0 rings (SSSR count). The van der Waals surface area contributed by atoms with E-state index >= 15 is 0 Å². The summed E-state index contributed by atoms with van der Waals surface area (Å²) in [6.45, 7) is 6.77. The zero-order valence-electron chi connectivity index (χ0n) is 47.5. The van der Waals surface area contributed by atoms with Gasteiger partial charge in [0.05, 0.1) is 51.7 Å². The van der Waals surface area contributed by atoms with Crippen molar-refractivity contribution in [1.82, 2.24) is 37.2 Å². The molecule has 9 N–H and O–H groups in total. The Morgan fingerprint density at radius 3 is 1.31 bits per heavy atom. The number of rotatable bonds is 55. The molecular weight excluding hydrogens is 1010 g/mol. The van der Waals surface area contributed by atoms with Crippen LogP contribution in [0.15, 0.2) is 0 Å². The van der Waals surface area contributed by atoms with Crippen molar-refractivity contribution in [2.24, 2.45) is 5.92 Å². The normalized spacial score (nSPS) is 12.7. The molecule has 0 fully saturated rings. The molecule has 0 aromatic rings. The number of carbonyl (C=O) groups excluding carboxylic acids is 8. The van der Waals surface area contributed by atoms with E-state index < -0.39 is 60.8 Å². The van der Waals surface area contributed by atoms with Gasteiger partial charge in [0.2, 0.25) is 35.4 Å². The van der Waals surface area contributed by atoms with Crippen LogP contribution in [0, 0.1) is 5.92 Å². The number of amides is 6. The molecule has 0 aromatic carbocycles. The summed E-state index contributed by atoms with van der Waals surface area (Å²) in [5.74, 6) is -4.75. The number of aliphatic carboxylic acids is 2. The van der Waals surface area contributed by atoms with Gasteiger partial charge in [0.15, 0.2) is 0 Å². The second-order valence-corrected chi connectivity index (χ2v) is 20.1. The van der Waals surface area contributed by atoms with Gasteiger partial charge in [0.25, 0.3) is 0 Å². The Balaban J connectivity index is 3.91. The van der Waals surface area contributed by atoms with E-state index in [9.17, 15) is 58.2 Å². The zero-order valence-corrected chi connectivity index (χ0v) is 47.5. The van der Waals surface area contributed by atoms with Gasteiger partial charge in [-0.1, -0.05) is 104 Å². The van der Waals surface area contributed by atoms with Crippen molar-refractivity contribution < 1.29 is 77.1 Å². The van der Waals surface area contributed by atoms with E-state index in [-0.39, 0.29) is 121 Å². The van der Waals surface area contributed by atoms with Gasteiger partial charge >= 0.3 is 11.9 Å². The molecule has 0 unspecified atom stereocenters. The van der Waals surface area contributed by atoms with Gasteiger partial charge in [-0.3, -0.25) is 33.6 Å². The van der Waals surface area contributed by atoms with Crippen molar-refractivity contribution in [3.8, 4) is 0 Å². The van der Waals surface area contributed by atoms with Crippen LogP contribution in [0.1, 0.15) is 181 Å². The number of ether oxygens (including phenoxy) is 4. The third-order valence-corrected chi connectivity index (χ3v) is 12.6. The van der Waals surface area contributed by atoms with Gasteiger partial charge in [0.1, 0.15) is 37.4 Å². The fraction of sp³-hybridized carbons (Fsp3) is 0.818. The van der Waals surface area contributed by atoms with Gasteiger partial charge in [0, 0.05) is 45.3 Å². The molecule has 0 aliphatic carbocycles. The highest BCUT2D eigenvalue weighted by Crippen LogP contribution is 2.15. The van der Waals surface area contributed by atoms with Crippen molar-refractivity contribution in [3.05, 3.63) is 0 Å². The molecule has 0 bridgehead atoms.